The summed E-state index contributed by atoms with van der Waals surface area (Å²) in [7, 11) is -2.08. The molecule has 2 heterocycles. The molecule has 0 saturated heterocycles. The van der Waals surface area contributed by atoms with Crippen LogP contribution in [0.2, 0.25) is 0 Å². The Morgan fingerprint density at radius 3 is 2.65 bits per heavy atom. The standard InChI is InChI=1S/C14H13N3O4S.ClH/c1-20-13-7-10(21-22(2,18)19)3-4-11(13)12-8-17-9-15-6-5-14(17)16-12;/h3-9H,1-2H3;1H. The quantitative estimate of drug-likeness (QED) is 0.667. The van der Waals surface area contributed by atoms with Crippen LogP contribution in [0.15, 0.2) is 43.0 Å². The summed E-state index contributed by atoms with van der Waals surface area (Å²) >= 11 is 0. The third kappa shape index (κ3) is 3.72. The average Bonchev–Trinajstić information content (AvgIpc) is 2.89. The maximum absolute atomic E-state index is 11.2. The molecule has 0 saturated carbocycles. The Morgan fingerprint density at radius 2 is 2.00 bits per heavy atom. The molecular weight excluding hydrogens is 342 g/mol. The van der Waals surface area contributed by atoms with E-state index < -0.39 is 10.1 Å². The minimum atomic E-state index is -3.58. The van der Waals surface area contributed by atoms with Gasteiger partial charge in [0.1, 0.15) is 23.5 Å². The van der Waals surface area contributed by atoms with E-state index in [1.165, 1.54) is 13.2 Å². The van der Waals surface area contributed by atoms with E-state index >= 15 is 0 Å². The molecule has 1 aromatic carbocycles. The summed E-state index contributed by atoms with van der Waals surface area (Å²) in [6.45, 7) is 0. The molecule has 7 nitrogen and oxygen atoms in total. The van der Waals surface area contributed by atoms with Crippen molar-refractivity contribution in [3.63, 3.8) is 0 Å². The van der Waals surface area contributed by atoms with Gasteiger partial charge in [0.05, 0.1) is 19.1 Å². The first-order chi connectivity index (χ1) is 10.5. The lowest BCUT2D eigenvalue weighted by Crippen LogP contribution is -2.05. The molecule has 3 rings (SSSR count). The number of halogens is 1. The van der Waals surface area contributed by atoms with Gasteiger partial charge in [0, 0.05) is 24.0 Å². The fraction of sp³-hybridized carbons (Fsp3) is 0.143. The van der Waals surface area contributed by atoms with Crippen LogP contribution in [0.4, 0.5) is 0 Å². The van der Waals surface area contributed by atoms with Crippen molar-refractivity contribution in [1.82, 2.24) is 14.4 Å². The molecule has 0 N–H and O–H groups in total. The molecule has 0 bridgehead atoms. The van der Waals surface area contributed by atoms with Crippen molar-refractivity contribution < 1.29 is 17.3 Å². The SMILES string of the molecule is COc1cc(OS(C)(=O)=O)ccc1-c1cn2cnccc2n1.Cl. The van der Waals surface area contributed by atoms with E-state index in [4.69, 9.17) is 8.92 Å². The number of hydrogen-bond acceptors (Lipinski definition) is 6. The first-order valence-corrected chi connectivity index (χ1v) is 8.14. The zero-order chi connectivity index (χ0) is 15.7. The van der Waals surface area contributed by atoms with Gasteiger partial charge in [0.2, 0.25) is 0 Å². The van der Waals surface area contributed by atoms with Gasteiger partial charge < -0.3 is 8.92 Å². The molecule has 3 aromatic rings. The minimum Gasteiger partial charge on any atom is -0.496 e. The number of nitrogens with zero attached hydrogens (tertiary/aromatic N) is 3. The third-order valence-electron chi connectivity index (χ3n) is 2.96. The highest BCUT2D eigenvalue weighted by molar-refractivity contribution is 7.86. The molecule has 2 aromatic heterocycles. The van der Waals surface area contributed by atoms with E-state index in [1.54, 1.807) is 35.1 Å². The highest BCUT2D eigenvalue weighted by atomic mass is 35.5. The first kappa shape index (κ1) is 17.0. The number of imidazole rings is 1. The number of rotatable bonds is 4. The summed E-state index contributed by atoms with van der Waals surface area (Å²) in [5.41, 5.74) is 2.17. The zero-order valence-electron chi connectivity index (χ0n) is 12.3. The molecule has 0 radical (unpaired) electrons. The third-order valence-corrected chi connectivity index (χ3v) is 3.45. The summed E-state index contributed by atoms with van der Waals surface area (Å²) in [4.78, 5) is 8.50. The van der Waals surface area contributed by atoms with Crippen LogP contribution in [0.5, 0.6) is 11.5 Å². The van der Waals surface area contributed by atoms with E-state index in [1.807, 2.05) is 6.20 Å². The maximum atomic E-state index is 11.2. The summed E-state index contributed by atoms with van der Waals surface area (Å²) in [5.74, 6) is 0.658. The monoisotopic (exact) mass is 355 g/mol. The fourth-order valence-electron chi connectivity index (χ4n) is 2.08. The molecule has 9 heteroatoms. The normalized spacial score (nSPS) is 11.0. The second-order valence-corrected chi connectivity index (χ2v) is 6.20. The molecular formula is C14H14ClN3O4S. The molecule has 0 aliphatic rings. The van der Waals surface area contributed by atoms with Crippen LogP contribution >= 0.6 is 12.4 Å². The molecule has 0 atom stereocenters. The van der Waals surface area contributed by atoms with Crippen molar-refractivity contribution in [2.75, 3.05) is 13.4 Å². The number of aromatic nitrogens is 3. The van der Waals surface area contributed by atoms with Crippen LogP contribution in [0, 0.1) is 0 Å². The highest BCUT2D eigenvalue weighted by Gasteiger charge is 2.13. The summed E-state index contributed by atoms with van der Waals surface area (Å²) < 4.78 is 34.3. The number of methoxy groups -OCH3 is 1. The Morgan fingerprint density at radius 1 is 1.22 bits per heavy atom. The highest BCUT2D eigenvalue weighted by Crippen LogP contribution is 2.33. The molecule has 0 spiro atoms. The van der Waals surface area contributed by atoms with E-state index in [9.17, 15) is 8.42 Å². The van der Waals surface area contributed by atoms with Crippen molar-refractivity contribution in [1.29, 1.82) is 0 Å². The predicted octanol–water partition coefficient (Wildman–Crippen LogP) is 2.17. The lowest BCUT2D eigenvalue weighted by molar-refractivity contribution is 0.413. The van der Waals surface area contributed by atoms with Gasteiger partial charge in [-0.2, -0.15) is 8.42 Å². The van der Waals surface area contributed by atoms with Crippen LogP contribution in [-0.2, 0) is 10.1 Å². The number of fused-ring (bicyclic) bond motifs is 1. The van der Waals surface area contributed by atoms with Crippen LogP contribution < -0.4 is 8.92 Å². The summed E-state index contributed by atoms with van der Waals surface area (Å²) in [6.07, 6.45) is 6.12. The van der Waals surface area contributed by atoms with Crippen molar-refractivity contribution in [2.24, 2.45) is 0 Å². The molecule has 122 valence electrons. The molecule has 0 fully saturated rings. The van der Waals surface area contributed by atoms with Gasteiger partial charge in [0.15, 0.2) is 0 Å². The second-order valence-electron chi connectivity index (χ2n) is 4.62. The van der Waals surface area contributed by atoms with E-state index in [-0.39, 0.29) is 18.2 Å². The average molecular weight is 356 g/mol. The van der Waals surface area contributed by atoms with Gasteiger partial charge in [-0.25, -0.2) is 9.97 Å². The number of hydrogen-bond donors (Lipinski definition) is 0. The van der Waals surface area contributed by atoms with E-state index in [0.29, 0.717) is 11.4 Å². The minimum absolute atomic E-state index is 0. The Kier molecular flexibility index (Phi) is 4.76. The van der Waals surface area contributed by atoms with E-state index in [2.05, 4.69) is 9.97 Å². The van der Waals surface area contributed by atoms with Gasteiger partial charge in [0.25, 0.3) is 0 Å². The van der Waals surface area contributed by atoms with Crippen molar-refractivity contribution >= 4 is 28.2 Å². The van der Waals surface area contributed by atoms with Gasteiger partial charge >= 0.3 is 10.1 Å². The lowest BCUT2D eigenvalue weighted by Gasteiger charge is -2.09. The van der Waals surface area contributed by atoms with Crippen LogP contribution in [0.1, 0.15) is 0 Å². The Bertz CT molecular complexity index is 907. The van der Waals surface area contributed by atoms with Crippen molar-refractivity contribution in [2.45, 2.75) is 0 Å². The molecule has 0 amide bonds. The first-order valence-electron chi connectivity index (χ1n) is 6.33. The topological polar surface area (TPSA) is 82.8 Å². The van der Waals surface area contributed by atoms with Gasteiger partial charge in [-0.3, -0.25) is 4.40 Å². The second kappa shape index (κ2) is 6.43. The number of benzene rings is 1. The summed E-state index contributed by atoms with van der Waals surface area (Å²) in [5, 5.41) is 0. The Hall–Kier alpha value is -2.32. The fourth-order valence-corrected chi connectivity index (χ4v) is 2.54. The van der Waals surface area contributed by atoms with Gasteiger partial charge in [-0.1, -0.05) is 0 Å². The maximum Gasteiger partial charge on any atom is 0.306 e. The Balaban J connectivity index is 0.00000192. The lowest BCUT2D eigenvalue weighted by atomic mass is 10.1. The zero-order valence-corrected chi connectivity index (χ0v) is 14.0. The smallest absolute Gasteiger partial charge is 0.306 e. The number of ether oxygens (including phenoxy) is 1. The predicted molar refractivity (Wildman–Crippen MR) is 87.7 cm³/mol. The van der Waals surface area contributed by atoms with Crippen LogP contribution in [-0.4, -0.2) is 36.2 Å². The molecule has 0 aliphatic carbocycles. The van der Waals surface area contributed by atoms with Crippen LogP contribution in [0.25, 0.3) is 16.9 Å². The summed E-state index contributed by atoms with van der Waals surface area (Å²) in [6, 6.07) is 6.56. The van der Waals surface area contributed by atoms with E-state index in [0.717, 1.165) is 17.5 Å². The Labute approximate surface area is 139 Å². The van der Waals surface area contributed by atoms with Crippen molar-refractivity contribution in [3.05, 3.63) is 43.0 Å². The van der Waals surface area contributed by atoms with Crippen LogP contribution in [0.3, 0.4) is 0 Å². The van der Waals surface area contributed by atoms with Gasteiger partial charge in [-0.15, -0.1) is 12.4 Å². The molecule has 23 heavy (non-hydrogen) atoms. The largest absolute Gasteiger partial charge is 0.496 e. The van der Waals surface area contributed by atoms with Gasteiger partial charge in [-0.05, 0) is 18.2 Å². The van der Waals surface area contributed by atoms with Crippen molar-refractivity contribution in [3.8, 4) is 22.8 Å². The molecule has 0 unspecified atom stereocenters. The molecule has 0 aliphatic heterocycles.